The van der Waals surface area contributed by atoms with Crippen molar-refractivity contribution in [1.29, 1.82) is 0 Å². The fraction of sp³-hybridized carbons (Fsp3) is 0.182. The third kappa shape index (κ3) is 1.89. The Hall–Kier alpha value is -2.26. The van der Waals surface area contributed by atoms with Crippen molar-refractivity contribution in [2.45, 2.75) is 6.54 Å². The predicted molar refractivity (Wildman–Crippen MR) is 60.7 cm³/mol. The third-order valence-corrected chi connectivity index (χ3v) is 2.43. The van der Waals surface area contributed by atoms with E-state index in [1.807, 2.05) is 24.3 Å². The lowest BCUT2D eigenvalue weighted by Crippen LogP contribution is -2.12. The van der Waals surface area contributed by atoms with E-state index in [1.165, 1.54) is 0 Å². The minimum Gasteiger partial charge on any atom is -0.348 e. The van der Waals surface area contributed by atoms with Crippen LogP contribution in [0, 0.1) is 0 Å². The molecule has 5 heteroatoms. The summed E-state index contributed by atoms with van der Waals surface area (Å²) in [6.45, 7) is 0.887. The van der Waals surface area contributed by atoms with Crippen LogP contribution in [0.25, 0.3) is 16.5 Å². The zero-order chi connectivity index (χ0) is 11.4. The number of amides is 1. The van der Waals surface area contributed by atoms with E-state index in [-0.39, 0.29) is 5.91 Å². The van der Waals surface area contributed by atoms with Crippen LogP contribution in [0.4, 0.5) is 0 Å². The number of nitrogens with one attached hydrogen (secondary N) is 1. The Morgan fingerprint density at radius 3 is 3.25 bits per heavy atom. The molecule has 1 N–H and O–H groups in total. The number of benzene rings is 1. The molecule has 1 aromatic carbocycles. The van der Waals surface area contributed by atoms with Crippen LogP contribution in [-0.2, 0) is 6.54 Å². The van der Waals surface area contributed by atoms with Gasteiger partial charge >= 0.3 is 0 Å². The average molecular weight is 214 g/mol. The molecule has 0 saturated heterocycles. The van der Waals surface area contributed by atoms with E-state index in [9.17, 15) is 4.79 Å². The van der Waals surface area contributed by atoms with Crippen molar-refractivity contribution in [2.24, 2.45) is 5.11 Å². The molecule has 5 nitrogen and oxygen atoms in total. The van der Waals surface area contributed by atoms with Crippen molar-refractivity contribution in [2.75, 3.05) is 6.54 Å². The van der Waals surface area contributed by atoms with Gasteiger partial charge in [0.15, 0.2) is 0 Å². The molecule has 0 radical (unpaired) electrons. The molecule has 1 aromatic rings. The quantitative estimate of drug-likeness (QED) is 0.467. The van der Waals surface area contributed by atoms with Crippen molar-refractivity contribution >= 4 is 12.0 Å². The number of carbonyl (C=O) groups is 1. The molecule has 0 unspecified atom stereocenters. The van der Waals surface area contributed by atoms with Crippen LogP contribution >= 0.6 is 0 Å². The fourth-order valence-corrected chi connectivity index (χ4v) is 1.70. The number of rotatable bonds is 3. The summed E-state index contributed by atoms with van der Waals surface area (Å²) >= 11 is 0. The van der Waals surface area contributed by atoms with Gasteiger partial charge in [0.1, 0.15) is 0 Å². The van der Waals surface area contributed by atoms with Crippen LogP contribution in [0.2, 0.25) is 0 Å². The highest BCUT2D eigenvalue weighted by atomic mass is 16.1. The minimum absolute atomic E-state index is 0.0275. The smallest absolute Gasteiger partial charge is 0.251 e. The van der Waals surface area contributed by atoms with Gasteiger partial charge in [0.2, 0.25) is 0 Å². The summed E-state index contributed by atoms with van der Waals surface area (Å²) in [5, 5.41) is 6.18. The van der Waals surface area contributed by atoms with Crippen molar-refractivity contribution in [3.63, 3.8) is 0 Å². The summed E-state index contributed by atoms with van der Waals surface area (Å²) in [6, 6.07) is 5.59. The topological polar surface area (TPSA) is 77.9 Å². The highest BCUT2D eigenvalue weighted by Gasteiger charge is 2.19. The lowest BCUT2D eigenvalue weighted by Gasteiger charge is -2.00. The number of nitrogens with zero attached hydrogens (tertiary/aromatic N) is 3. The number of fused-ring (bicyclic) bond motifs is 1. The van der Waals surface area contributed by atoms with Crippen molar-refractivity contribution in [3.05, 3.63) is 51.4 Å². The Kier molecular flexibility index (Phi) is 2.89. The predicted octanol–water partition coefficient (Wildman–Crippen LogP) is 2.25. The summed E-state index contributed by atoms with van der Waals surface area (Å²) < 4.78 is 0. The number of carbonyl (C=O) groups excluding carboxylic acids is 1. The molecular formula is C11H10N4O. The van der Waals surface area contributed by atoms with Crippen molar-refractivity contribution < 1.29 is 4.79 Å². The largest absolute Gasteiger partial charge is 0.348 e. The summed E-state index contributed by atoms with van der Waals surface area (Å²) in [4.78, 5) is 14.1. The van der Waals surface area contributed by atoms with Gasteiger partial charge < -0.3 is 5.32 Å². The second-order valence-electron chi connectivity index (χ2n) is 3.37. The Morgan fingerprint density at radius 1 is 1.56 bits per heavy atom. The molecule has 0 spiro atoms. The second-order valence-corrected chi connectivity index (χ2v) is 3.37. The van der Waals surface area contributed by atoms with Crippen LogP contribution in [0.1, 0.15) is 21.5 Å². The molecule has 0 bridgehead atoms. The molecule has 0 atom stereocenters. The van der Waals surface area contributed by atoms with E-state index in [4.69, 9.17) is 5.53 Å². The summed E-state index contributed by atoms with van der Waals surface area (Å²) in [6.07, 6.45) is 3.64. The Morgan fingerprint density at radius 2 is 2.44 bits per heavy atom. The lowest BCUT2D eigenvalue weighted by molar-refractivity contribution is 0.0966. The first-order chi connectivity index (χ1) is 7.83. The van der Waals surface area contributed by atoms with Crippen molar-refractivity contribution in [3.8, 4) is 0 Å². The number of azide groups is 1. The van der Waals surface area contributed by atoms with Crippen LogP contribution in [-0.4, -0.2) is 12.5 Å². The average Bonchev–Trinajstić information content (AvgIpc) is 2.68. The van der Waals surface area contributed by atoms with E-state index in [1.54, 1.807) is 6.08 Å². The molecule has 1 aliphatic heterocycles. The van der Waals surface area contributed by atoms with Crippen molar-refractivity contribution in [1.82, 2.24) is 5.32 Å². The molecular weight excluding hydrogens is 204 g/mol. The van der Waals surface area contributed by atoms with Crippen LogP contribution in [0.15, 0.2) is 29.4 Å². The van der Waals surface area contributed by atoms with E-state index in [0.29, 0.717) is 13.1 Å². The standard InChI is InChI=1S/C11H10N4O/c12-15-14-6-2-4-8-3-1-5-9-10(8)7-13-11(9)16/h1-5H,6-7H2,(H,13,16). The van der Waals surface area contributed by atoms with Crippen LogP contribution < -0.4 is 5.32 Å². The minimum atomic E-state index is -0.0275. The lowest BCUT2D eigenvalue weighted by atomic mass is 10.0. The normalized spacial score (nSPS) is 13.4. The highest BCUT2D eigenvalue weighted by molar-refractivity contribution is 5.99. The molecule has 80 valence electrons. The molecule has 0 fully saturated rings. The van der Waals surface area contributed by atoms with Gasteiger partial charge in [-0.05, 0) is 22.7 Å². The van der Waals surface area contributed by atoms with E-state index in [2.05, 4.69) is 15.3 Å². The highest BCUT2D eigenvalue weighted by Crippen LogP contribution is 2.20. The summed E-state index contributed by atoms with van der Waals surface area (Å²) in [5.41, 5.74) is 10.8. The molecule has 0 aromatic heterocycles. The zero-order valence-electron chi connectivity index (χ0n) is 8.55. The van der Waals surface area contributed by atoms with Gasteiger partial charge in [-0.25, -0.2) is 0 Å². The summed E-state index contributed by atoms with van der Waals surface area (Å²) in [5.74, 6) is -0.0275. The monoisotopic (exact) mass is 214 g/mol. The molecule has 2 rings (SSSR count). The van der Waals surface area contributed by atoms with E-state index >= 15 is 0 Å². The molecule has 1 amide bonds. The first kappa shape index (κ1) is 10.3. The van der Waals surface area contributed by atoms with Gasteiger partial charge in [0, 0.05) is 23.6 Å². The fourth-order valence-electron chi connectivity index (χ4n) is 1.70. The second kappa shape index (κ2) is 4.51. The molecule has 1 aliphatic rings. The van der Waals surface area contributed by atoms with Gasteiger partial charge in [-0.15, -0.1) is 0 Å². The first-order valence-corrected chi connectivity index (χ1v) is 4.90. The molecule has 0 saturated carbocycles. The maximum atomic E-state index is 11.4. The maximum absolute atomic E-state index is 11.4. The Bertz CT molecular complexity index is 501. The number of hydrogen-bond acceptors (Lipinski definition) is 2. The van der Waals surface area contributed by atoms with Crippen LogP contribution in [0.5, 0.6) is 0 Å². The Labute approximate surface area is 92.4 Å². The van der Waals surface area contributed by atoms with E-state index in [0.717, 1.165) is 16.7 Å². The maximum Gasteiger partial charge on any atom is 0.251 e. The molecule has 16 heavy (non-hydrogen) atoms. The van der Waals surface area contributed by atoms with Gasteiger partial charge in [0.05, 0.1) is 0 Å². The zero-order valence-corrected chi connectivity index (χ0v) is 8.55. The first-order valence-electron chi connectivity index (χ1n) is 4.90. The SMILES string of the molecule is [N-]=[N+]=NCC=Cc1cccc2c1CNC2=O. The van der Waals surface area contributed by atoms with Crippen LogP contribution in [0.3, 0.4) is 0 Å². The van der Waals surface area contributed by atoms with E-state index < -0.39 is 0 Å². The summed E-state index contributed by atoms with van der Waals surface area (Å²) in [7, 11) is 0. The van der Waals surface area contributed by atoms with Gasteiger partial charge in [-0.1, -0.05) is 29.4 Å². The third-order valence-electron chi connectivity index (χ3n) is 2.43. The number of hydrogen-bond donors (Lipinski definition) is 1. The van der Waals surface area contributed by atoms with Gasteiger partial charge in [-0.2, -0.15) is 0 Å². The Balaban J connectivity index is 2.26. The molecule has 1 heterocycles. The molecule has 0 aliphatic carbocycles. The van der Waals surface area contributed by atoms with Gasteiger partial charge in [0.25, 0.3) is 5.91 Å². The van der Waals surface area contributed by atoms with Gasteiger partial charge in [-0.3, -0.25) is 4.79 Å².